The zero-order valence-corrected chi connectivity index (χ0v) is 10.5. The number of para-hydroxylation sites is 1. The summed E-state index contributed by atoms with van der Waals surface area (Å²) >= 11 is 0. The van der Waals surface area contributed by atoms with Gasteiger partial charge in [0.2, 0.25) is 5.76 Å². The summed E-state index contributed by atoms with van der Waals surface area (Å²) in [5.74, 6) is -3.40. The molecule has 0 aliphatic carbocycles. The lowest BCUT2D eigenvalue weighted by molar-refractivity contribution is -0.384. The van der Waals surface area contributed by atoms with Gasteiger partial charge < -0.3 is 5.11 Å². The van der Waals surface area contributed by atoms with Crippen LogP contribution >= 0.6 is 0 Å². The number of nitro benzene ring substituents is 1. The van der Waals surface area contributed by atoms with E-state index in [0.29, 0.717) is 0 Å². The van der Waals surface area contributed by atoms with Crippen LogP contribution in [0.15, 0.2) is 46.0 Å². The van der Waals surface area contributed by atoms with E-state index in [9.17, 15) is 28.1 Å². The second kappa shape index (κ2) is 6.11. The van der Waals surface area contributed by atoms with Crippen LogP contribution in [0.5, 0.6) is 0 Å². The fraction of sp³-hybridized carbons (Fsp3) is 0.182. The molecule has 1 aromatic carbocycles. The van der Waals surface area contributed by atoms with E-state index in [1.165, 1.54) is 12.1 Å². The summed E-state index contributed by atoms with van der Waals surface area (Å²) in [6.45, 7) is 0.746. The number of carbonyl (C=O) groups is 1. The van der Waals surface area contributed by atoms with Crippen LogP contribution in [-0.4, -0.2) is 22.0 Å². The van der Waals surface area contributed by atoms with Crippen molar-refractivity contribution in [2.45, 2.75) is 13.1 Å². The van der Waals surface area contributed by atoms with Crippen LogP contribution in [0.3, 0.4) is 0 Å². The lowest BCUT2D eigenvalue weighted by atomic mass is 10.2. The summed E-state index contributed by atoms with van der Waals surface area (Å²) in [6.07, 6.45) is -5.18. The number of ketones is 1. The highest BCUT2D eigenvalue weighted by molar-refractivity contribution is 5.93. The van der Waals surface area contributed by atoms with E-state index in [2.05, 4.69) is 10.2 Å². The molecule has 0 saturated heterocycles. The second-order valence-electron chi connectivity index (χ2n) is 3.70. The molecule has 0 aliphatic heterocycles. The number of aliphatic hydroxyl groups excluding tert-OH is 1. The highest BCUT2D eigenvalue weighted by atomic mass is 19.4. The van der Waals surface area contributed by atoms with Crippen molar-refractivity contribution in [3.8, 4) is 0 Å². The zero-order valence-electron chi connectivity index (χ0n) is 10.5. The fourth-order valence-corrected chi connectivity index (χ4v) is 1.23. The molecule has 0 heterocycles. The number of nitro groups is 1. The number of hydrogen-bond donors (Lipinski definition) is 1. The monoisotopic (exact) mass is 303 g/mol. The van der Waals surface area contributed by atoms with E-state index >= 15 is 0 Å². The van der Waals surface area contributed by atoms with E-state index in [1.807, 2.05) is 0 Å². The average Bonchev–Trinajstić information content (AvgIpc) is 2.37. The first kappa shape index (κ1) is 16.3. The van der Waals surface area contributed by atoms with E-state index in [-0.39, 0.29) is 5.69 Å². The molecule has 1 N–H and O–H groups in total. The summed E-state index contributed by atoms with van der Waals surface area (Å²) in [6, 6.07) is 4.87. The zero-order chi connectivity index (χ0) is 16.2. The largest absolute Gasteiger partial charge is 0.503 e. The first-order valence-electron chi connectivity index (χ1n) is 5.31. The first-order chi connectivity index (χ1) is 9.64. The lowest BCUT2D eigenvalue weighted by Gasteiger charge is -2.06. The Morgan fingerprint density at radius 1 is 1.33 bits per heavy atom. The number of aliphatic hydroxyl groups is 1. The fourth-order valence-electron chi connectivity index (χ4n) is 1.23. The molecule has 0 saturated carbocycles. The summed E-state index contributed by atoms with van der Waals surface area (Å²) in [7, 11) is 0. The Morgan fingerprint density at radius 2 is 1.90 bits per heavy atom. The third-order valence-corrected chi connectivity index (χ3v) is 2.16. The van der Waals surface area contributed by atoms with Gasteiger partial charge in [-0.3, -0.25) is 14.9 Å². The first-order valence-corrected chi connectivity index (χ1v) is 5.31. The quantitative estimate of drug-likeness (QED) is 0.301. The predicted molar refractivity (Wildman–Crippen MR) is 64.0 cm³/mol. The van der Waals surface area contributed by atoms with Crippen LogP contribution < -0.4 is 0 Å². The van der Waals surface area contributed by atoms with Crippen molar-refractivity contribution in [1.82, 2.24) is 0 Å². The van der Waals surface area contributed by atoms with Crippen LogP contribution in [0.1, 0.15) is 6.92 Å². The van der Waals surface area contributed by atoms with Gasteiger partial charge in [-0.25, -0.2) is 0 Å². The minimum absolute atomic E-state index is 0.351. The van der Waals surface area contributed by atoms with Gasteiger partial charge in [-0.05, 0) is 6.07 Å². The maximum atomic E-state index is 12.3. The van der Waals surface area contributed by atoms with E-state index in [1.54, 1.807) is 0 Å². The molecule has 0 aromatic heterocycles. The number of allylic oxidation sites excluding steroid dienone is 2. The predicted octanol–water partition coefficient (Wildman–Crippen LogP) is 3.60. The van der Waals surface area contributed by atoms with E-state index in [0.717, 1.165) is 19.1 Å². The molecular weight excluding hydrogens is 295 g/mol. The number of hydrogen-bond acceptors (Lipinski definition) is 6. The van der Waals surface area contributed by atoms with Gasteiger partial charge in [-0.15, -0.1) is 10.2 Å². The number of rotatable bonds is 4. The third-order valence-electron chi connectivity index (χ3n) is 2.16. The molecule has 0 bridgehead atoms. The highest BCUT2D eigenvalue weighted by Gasteiger charge is 2.38. The minimum atomic E-state index is -5.18. The Hall–Kier alpha value is -2.78. The standard InChI is InChI=1S/C11H8F3N3O4/c1-6(18)9(10(19)11(12,13)14)16-15-7-4-2-3-5-8(7)17(20)21/h2-5,19H,1H3. The van der Waals surface area contributed by atoms with Gasteiger partial charge in [0.15, 0.2) is 17.2 Å². The lowest BCUT2D eigenvalue weighted by Crippen LogP contribution is -2.16. The van der Waals surface area contributed by atoms with Crippen molar-refractivity contribution >= 4 is 17.2 Å². The number of Topliss-reactive ketones (excluding diaryl/α,β-unsaturated/α-hetero) is 1. The second-order valence-corrected chi connectivity index (χ2v) is 3.70. The molecule has 112 valence electrons. The summed E-state index contributed by atoms with van der Waals surface area (Å²) in [5, 5.41) is 25.8. The molecule has 0 radical (unpaired) electrons. The van der Waals surface area contributed by atoms with Crippen molar-refractivity contribution < 1.29 is 28.0 Å². The third kappa shape index (κ3) is 4.09. The van der Waals surface area contributed by atoms with Gasteiger partial charge in [0, 0.05) is 13.0 Å². The van der Waals surface area contributed by atoms with Crippen LogP contribution in [0.2, 0.25) is 0 Å². The number of benzene rings is 1. The Morgan fingerprint density at radius 3 is 2.38 bits per heavy atom. The van der Waals surface area contributed by atoms with Gasteiger partial charge in [0.05, 0.1) is 4.92 Å². The molecular formula is C11H8F3N3O4. The molecule has 1 rings (SSSR count). The molecule has 0 unspecified atom stereocenters. The topological polar surface area (TPSA) is 105 Å². The van der Waals surface area contributed by atoms with Crippen LogP contribution in [0.25, 0.3) is 0 Å². The van der Waals surface area contributed by atoms with Crippen molar-refractivity contribution in [2.75, 3.05) is 0 Å². The van der Waals surface area contributed by atoms with Crippen molar-refractivity contribution in [1.29, 1.82) is 0 Å². The van der Waals surface area contributed by atoms with Crippen molar-refractivity contribution in [2.24, 2.45) is 10.2 Å². The molecule has 7 nitrogen and oxygen atoms in total. The minimum Gasteiger partial charge on any atom is -0.503 e. The number of azo groups is 1. The van der Waals surface area contributed by atoms with Crippen LogP contribution in [-0.2, 0) is 4.79 Å². The number of halogens is 3. The molecule has 0 aliphatic rings. The number of nitrogens with zero attached hydrogens (tertiary/aromatic N) is 3. The van der Waals surface area contributed by atoms with Gasteiger partial charge in [-0.1, -0.05) is 12.1 Å². The summed E-state index contributed by atoms with van der Waals surface area (Å²) in [4.78, 5) is 20.9. The smallest absolute Gasteiger partial charge is 0.451 e. The molecule has 0 amide bonds. The summed E-state index contributed by atoms with van der Waals surface area (Å²) in [5.41, 5.74) is -2.19. The Kier molecular flexibility index (Phi) is 4.74. The van der Waals surface area contributed by atoms with Gasteiger partial charge in [-0.2, -0.15) is 13.2 Å². The van der Waals surface area contributed by atoms with E-state index in [4.69, 9.17) is 5.11 Å². The maximum Gasteiger partial charge on any atom is 0.451 e. The highest BCUT2D eigenvalue weighted by Crippen LogP contribution is 2.30. The molecule has 0 fully saturated rings. The molecule has 1 aromatic rings. The van der Waals surface area contributed by atoms with Crippen molar-refractivity contribution in [3.63, 3.8) is 0 Å². The average molecular weight is 303 g/mol. The normalized spacial score (nSPS) is 13.1. The Labute approximate surface area is 115 Å². The molecule has 10 heteroatoms. The number of alkyl halides is 3. The van der Waals surface area contributed by atoms with Crippen LogP contribution in [0.4, 0.5) is 24.5 Å². The van der Waals surface area contributed by atoms with Crippen LogP contribution in [0, 0.1) is 10.1 Å². The molecule has 0 atom stereocenters. The Bertz CT molecular complexity index is 638. The maximum absolute atomic E-state index is 12.3. The van der Waals surface area contributed by atoms with Gasteiger partial charge in [0.25, 0.3) is 5.69 Å². The van der Waals surface area contributed by atoms with Gasteiger partial charge in [0.1, 0.15) is 0 Å². The summed E-state index contributed by atoms with van der Waals surface area (Å²) < 4.78 is 37.0. The Balaban J connectivity index is 3.30. The molecule has 0 spiro atoms. The SMILES string of the molecule is CC(=O)C(N=Nc1ccccc1[N+](=O)[O-])=C(O)C(F)(F)F. The van der Waals surface area contributed by atoms with Gasteiger partial charge >= 0.3 is 6.18 Å². The van der Waals surface area contributed by atoms with E-state index < -0.39 is 34.0 Å². The van der Waals surface area contributed by atoms with Crippen molar-refractivity contribution in [3.05, 3.63) is 45.8 Å². The molecule has 21 heavy (non-hydrogen) atoms. The number of carbonyl (C=O) groups excluding carboxylic acids is 1.